The molecule has 0 aliphatic carbocycles. The molecule has 2 N–H and O–H groups in total. The first-order chi connectivity index (χ1) is 5.65. The Hall–Kier alpha value is -0.810. The molecule has 0 bridgehead atoms. The maximum Gasteiger partial charge on any atom is 0.407 e. The molecule has 1 fully saturated rings. The van der Waals surface area contributed by atoms with Crippen molar-refractivity contribution in [1.29, 1.82) is 0 Å². The summed E-state index contributed by atoms with van der Waals surface area (Å²) in [6.45, 7) is 1.74. The summed E-state index contributed by atoms with van der Waals surface area (Å²) in [6, 6.07) is -0.263. The number of aliphatic hydroxyl groups is 1. The number of hydrogen-bond donors (Lipinski definition) is 2. The van der Waals surface area contributed by atoms with Gasteiger partial charge < -0.3 is 20.0 Å². The number of aliphatic hydroxyl groups excluding tert-OH is 1. The molecule has 0 aromatic rings. The van der Waals surface area contributed by atoms with Crippen LogP contribution in [0.1, 0.15) is 0 Å². The number of nitrogens with zero attached hydrogens (tertiary/aromatic N) is 2. The van der Waals surface area contributed by atoms with Crippen molar-refractivity contribution >= 4 is 6.09 Å². The van der Waals surface area contributed by atoms with Crippen LogP contribution >= 0.6 is 0 Å². The van der Waals surface area contributed by atoms with Crippen LogP contribution in [0.25, 0.3) is 0 Å². The van der Waals surface area contributed by atoms with Gasteiger partial charge in [-0.25, -0.2) is 4.79 Å². The Morgan fingerprint density at radius 3 is 2.75 bits per heavy atom. The fourth-order valence-electron chi connectivity index (χ4n) is 1.42. The molecule has 70 valence electrons. The van der Waals surface area contributed by atoms with E-state index in [0.717, 1.165) is 6.54 Å². The lowest BCUT2D eigenvalue weighted by atomic mass is 10.2. The number of hydrogen-bond acceptors (Lipinski definition) is 3. The van der Waals surface area contributed by atoms with E-state index in [0.29, 0.717) is 13.1 Å². The highest BCUT2D eigenvalue weighted by Gasteiger charge is 2.27. The molecule has 0 radical (unpaired) electrons. The summed E-state index contributed by atoms with van der Waals surface area (Å²) in [5.41, 5.74) is 0. The minimum Gasteiger partial charge on any atom is -0.465 e. The summed E-state index contributed by atoms with van der Waals surface area (Å²) in [5, 5.41) is 17.6. The lowest BCUT2D eigenvalue weighted by molar-refractivity contribution is 0.0504. The van der Waals surface area contributed by atoms with Crippen LogP contribution < -0.4 is 0 Å². The van der Waals surface area contributed by atoms with E-state index in [2.05, 4.69) is 0 Å². The quantitative estimate of drug-likeness (QED) is 0.550. The van der Waals surface area contributed by atoms with E-state index in [1.54, 1.807) is 0 Å². The van der Waals surface area contributed by atoms with Crippen molar-refractivity contribution in [2.24, 2.45) is 0 Å². The first-order valence-electron chi connectivity index (χ1n) is 3.94. The summed E-state index contributed by atoms with van der Waals surface area (Å²) >= 11 is 0. The second-order valence-electron chi connectivity index (χ2n) is 3.07. The van der Waals surface area contributed by atoms with Gasteiger partial charge in [0.25, 0.3) is 0 Å². The number of carbonyl (C=O) groups is 1. The van der Waals surface area contributed by atoms with Gasteiger partial charge in [-0.1, -0.05) is 0 Å². The molecular weight excluding hydrogens is 160 g/mol. The van der Waals surface area contributed by atoms with Gasteiger partial charge in [0.15, 0.2) is 0 Å². The molecule has 1 unspecified atom stereocenters. The van der Waals surface area contributed by atoms with E-state index in [4.69, 9.17) is 10.2 Å². The van der Waals surface area contributed by atoms with E-state index < -0.39 is 6.09 Å². The number of amides is 1. The Morgan fingerprint density at radius 2 is 2.25 bits per heavy atom. The first kappa shape index (κ1) is 9.28. The fraction of sp³-hybridized carbons (Fsp3) is 0.857. The second-order valence-corrected chi connectivity index (χ2v) is 3.07. The average Bonchev–Trinajstić information content (AvgIpc) is 2.03. The maximum atomic E-state index is 10.6. The van der Waals surface area contributed by atoms with Crippen molar-refractivity contribution in [2.75, 3.05) is 33.3 Å². The Bertz CT molecular complexity index is 174. The molecule has 12 heavy (non-hydrogen) atoms. The summed E-state index contributed by atoms with van der Waals surface area (Å²) in [7, 11) is 1.92. The molecule has 0 aromatic carbocycles. The zero-order valence-corrected chi connectivity index (χ0v) is 7.10. The van der Waals surface area contributed by atoms with Crippen LogP contribution in [0.2, 0.25) is 0 Å². The lowest BCUT2D eigenvalue weighted by Crippen LogP contribution is -2.55. The summed E-state index contributed by atoms with van der Waals surface area (Å²) in [4.78, 5) is 13.9. The summed E-state index contributed by atoms with van der Waals surface area (Å²) in [6.07, 6.45) is -0.942. The molecule has 5 heteroatoms. The molecule has 1 amide bonds. The Kier molecular flexibility index (Phi) is 2.88. The van der Waals surface area contributed by atoms with Crippen molar-refractivity contribution in [2.45, 2.75) is 6.04 Å². The number of likely N-dealkylation sites (N-methyl/N-ethyl adjacent to an activating group) is 1. The average molecular weight is 174 g/mol. The standard InChI is InChI=1S/C7H14N2O3/c1-8-2-3-9(7(11)12)6(4-8)5-10/h6,10H,2-5H2,1H3,(H,11,12). The molecular formula is C7H14N2O3. The van der Waals surface area contributed by atoms with Gasteiger partial charge in [-0.3, -0.25) is 0 Å². The summed E-state index contributed by atoms with van der Waals surface area (Å²) < 4.78 is 0. The van der Waals surface area contributed by atoms with Crippen molar-refractivity contribution in [3.63, 3.8) is 0 Å². The zero-order valence-electron chi connectivity index (χ0n) is 7.10. The van der Waals surface area contributed by atoms with Crippen LogP contribution in [0.5, 0.6) is 0 Å². The number of rotatable bonds is 1. The van der Waals surface area contributed by atoms with Crippen LogP contribution in [0.4, 0.5) is 4.79 Å². The van der Waals surface area contributed by atoms with Gasteiger partial charge in [-0.15, -0.1) is 0 Å². The van der Waals surface area contributed by atoms with E-state index in [1.165, 1.54) is 4.90 Å². The number of piperazine rings is 1. The molecule has 1 atom stereocenters. The molecule has 0 spiro atoms. The monoisotopic (exact) mass is 174 g/mol. The van der Waals surface area contributed by atoms with Crippen LogP contribution in [-0.4, -0.2) is 65.4 Å². The van der Waals surface area contributed by atoms with Crippen molar-refractivity contribution in [3.8, 4) is 0 Å². The molecule has 0 saturated carbocycles. The Labute approximate surface area is 71.2 Å². The third-order valence-corrected chi connectivity index (χ3v) is 2.14. The van der Waals surface area contributed by atoms with E-state index in [-0.39, 0.29) is 12.6 Å². The minimum absolute atomic E-state index is 0.101. The summed E-state index contributed by atoms with van der Waals surface area (Å²) in [5.74, 6) is 0. The third-order valence-electron chi connectivity index (χ3n) is 2.14. The molecule has 1 saturated heterocycles. The fourth-order valence-corrected chi connectivity index (χ4v) is 1.42. The normalized spacial score (nSPS) is 25.8. The minimum atomic E-state index is -0.942. The van der Waals surface area contributed by atoms with E-state index in [9.17, 15) is 4.79 Å². The van der Waals surface area contributed by atoms with Gasteiger partial charge in [0.2, 0.25) is 0 Å². The highest BCUT2D eigenvalue weighted by molar-refractivity contribution is 5.65. The second kappa shape index (κ2) is 3.73. The molecule has 5 nitrogen and oxygen atoms in total. The SMILES string of the molecule is CN1CCN(C(=O)O)C(CO)C1. The van der Waals surface area contributed by atoms with Crippen LogP contribution in [0.15, 0.2) is 0 Å². The Morgan fingerprint density at radius 1 is 1.58 bits per heavy atom. The van der Waals surface area contributed by atoms with Gasteiger partial charge in [0.05, 0.1) is 12.6 Å². The predicted octanol–water partition coefficient (Wildman–Crippen LogP) is -0.727. The maximum absolute atomic E-state index is 10.6. The Balaban J connectivity index is 2.56. The van der Waals surface area contributed by atoms with E-state index >= 15 is 0 Å². The lowest BCUT2D eigenvalue weighted by Gasteiger charge is -2.37. The van der Waals surface area contributed by atoms with Crippen LogP contribution in [0, 0.1) is 0 Å². The van der Waals surface area contributed by atoms with Crippen LogP contribution in [-0.2, 0) is 0 Å². The van der Waals surface area contributed by atoms with Gasteiger partial charge >= 0.3 is 6.09 Å². The van der Waals surface area contributed by atoms with Gasteiger partial charge in [-0.2, -0.15) is 0 Å². The van der Waals surface area contributed by atoms with Gasteiger partial charge in [-0.05, 0) is 7.05 Å². The predicted molar refractivity (Wildman–Crippen MR) is 43.1 cm³/mol. The first-order valence-corrected chi connectivity index (χ1v) is 3.94. The molecule has 1 rings (SSSR count). The van der Waals surface area contributed by atoms with Crippen molar-refractivity contribution in [3.05, 3.63) is 0 Å². The topological polar surface area (TPSA) is 64.0 Å². The molecule has 0 aromatic heterocycles. The molecule has 1 heterocycles. The zero-order chi connectivity index (χ0) is 9.14. The highest BCUT2D eigenvalue weighted by atomic mass is 16.4. The smallest absolute Gasteiger partial charge is 0.407 e. The van der Waals surface area contributed by atoms with Gasteiger partial charge in [0.1, 0.15) is 0 Å². The third kappa shape index (κ3) is 1.86. The van der Waals surface area contributed by atoms with E-state index in [1.807, 2.05) is 11.9 Å². The molecule has 1 aliphatic heterocycles. The molecule has 1 aliphatic rings. The number of carboxylic acid groups (broad SMARTS) is 1. The van der Waals surface area contributed by atoms with Gasteiger partial charge in [0, 0.05) is 19.6 Å². The largest absolute Gasteiger partial charge is 0.465 e. The van der Waals surface area contributed by atoms with Crippen molar-refractivity contribution in [1.82, 2.24) is 9.80 Å². The van der Waals surface area contributed by atoms with Crippen molar-refractivity contribution < 1.29 is 15.0 Å². The van der Waals surface area contributed by atoms with Crippen LogP contribution in [0.3, 0.4) is 0 Å². The highest BCUT2D eigenvalue weighted by Crippen LogP contribution is 2.07.